The molecule has 2 aromatic carbocycles. The van der Waals surface area contributed by atoms with Crippen LogP contribution in [-0.4, -0.2) is 32.8 Å². The van der Waals surface area contributed by atoms with Crippen LogP contribution in [-0.2, 0) is 6.54 Å². The molecule has 140 valence electrons. The number of guanidine groups is 1. The standard InChI is InChI=1S/C20H26FN3O2/c1-14-6-5-7-17(10-14)26-15(2)12-23-20(22-3)24-13-16-8-9-19(25-4)18(21)11-16/h5-11,15H,12-13H2,1-4H3,(H2,22,23,24). The summed E-state index contributed by atoms with van der Waals surface area (Å²) < 4.78 is 24.5. The Morgan fingerprint density at radius 1 is 1.19 bits per heavy atom. The quantitative estimate of drug-likeness (QED) is 0.588. The third-order valence-electron chi connectivity index (χ3n) is 3.78. The van der Waals surface area contributed by atoms with Crippen molar-refractivity contribution in [1.29, 1.82) is 0 Å². The number of hydrogen-bond donors (Lipinski definition) is 2. The number of methoxy groups -OCH3 is 1. The summed E-state index contributed by atoms with van der Waals surface area (Å²) in [5.74, 6) is 1.32. The van der Waals surface area contributed by atoms with Crippen LogP contribution in [0.5, 0.6) is 11.5 Å². The summed E-state index contributed by atoms with van der Waals surface area (Å²) in [6.45, 7) is 5.06. The fraction of sp³-hybridized carbons (Fsp3) is 0.350. The van der Waals surface area contributed by atoms with Gasteiger partial charge in [-0.1, -0.05) is 18.2 Å². The van der Waals surface area contributed by atoms with Crippen molar-refractivity contribution < 1.29 is 13.9 Å². The van der Waals surface area contributed by atoms with Crippen molar-refractivity contribution in [3.05, 3.63) is 59.4 Å². The average Bonchev–Trinajstić information content (AvgIpc) is 2.62. The van der Waals surface area contributed by atoms with Gasteiger partial charge in [-0.3, -0.25) is 4.99 Å². The van der Waals surface area contributed by atoms with E-state index < -0.39 is 0 Å². The number of nitrogens with one attached hydrogen (secondary N) is 2. The number of benzene rings is 2. The summed E-state index contributed by atoms with van der Waals surface area (Å²) in [7, 11) is 3.14. The zero-order chi connectivity index (χ0) is 18.9. The summed E-state index contributed by atoms with van der Waals surface area (Å²) in [5.41, 5.74) is 1.96. The molecule has 0 aliphatic carbocycles. The molecule has 6 heteroatoms. The van der Waals surface area contributed by atoms with Crippen LogP contribution in [0.3, 0.4) is 0 Å². The van der Waals surface area contributed by atoms with E-state index in [-0.39, 0.29) is 17.7 Å². The highest BCUT2D eigenvalue weighted by atomic mass is 19.1. The first-order chi connectivity index (χ1) is 12.5. The first kappa shape index (κ1) is 19.6. The van der Waals surface area contributed by atoms with Gasteiger partial charge in [0.25, 0.3) is 0 Å². The number of hydrogen-bond acceptors (Lipinski definition) is 3. The first-order valence-electron chi connectivity index (χ1n) is 8.52. The topological polar surface area (TPSA) is 54.9 Å². The Morgan fingerprint density at radius 3 is 2.65 bits per heavy atom. The number of halogens is 1. The van der Waals surface area contributed by atoms with Gasteiger partial charge in [0.1, 0.15) is 11.9 Å². The minimum atomic E-state index is -0.380. The van der Waals surface area contributed by atoms with E-state index in [1.54, 1.807) is 13.1 Å². The number of ether oxygens (including phenoxy) is 2. The van der Waals surface area contributed by atoms with Crippen LogP contribution in [0.2, 0.25) is 0 Å². The lowest BCUT2D eigenvalue weighted by atomic mass is 10.2. The maximum Gasteiger partial charge on any atom is 0.191 e. The second-order valence-electron chi connectivity index (χ2n) is 6.02. The van der Waals surface area contributed by atoms with Crippen molar-refractivity contribution in [3.63, 3.8) is 0 Å². The highest BCUT2D eigenvalue weighted by molar-refractivity contribution is 5.79. The Morgan fingerprint density at radius 2 is 2.00 bits per heavy atom. The zero-order valence-corrected chi connectivity index (χ0v) is 15.7. The van der Waals surface area contributed by atoms with Gasteiger partial charge in [-0.15, -0.1) is 0 Å². The molecule has 0 saturated heterocycles. The minimum Gasteiger partial charge on any atom is -0.494 e. The molecule has 0 fully saturated rings. The summed E-state index contributed by atoms with van der Waals surface area (Å²) in [6.07, 6.45) is -0.0335. The van der Waals surface area contributed by atoms with E-state index in [2.05, 4.69) is 15.6 Å². The number of rotatable bonds is 7. The molecule has 5 nitrogen and oxygen atoms in total. The average molecular weight is 359 g/mol. The predicted octanol–water partition coefficient (Wildman–Crippen LogP) is 3.28. The molecule has 1 atom stereocenters. The van der Waals surface area contributed by atoms with Crippen molar-refractivity contribution in [2.75, 3.05) is 20.7 Å². The fourth-order valence-electron chi connectivity index (χ4n) is 2.43. The maximum atomic E-state index is 13.7. The van der Waals surface area contributed by atoms with E-state index in [0.717, 1.165) is 16.9 Å². The molecule has 0 heterocycles. The van der Waals surface area contributed by atoms with Gasteiger partial charge in [-0.2, -0.15) is 0 Å². The van der Waals surface area contributed by atoms with Crippen LogP contribution in [0.15, 0.2) is 47.5 Å². The molecule has 0 aliphatic heterocycles. The first-order valence-corrected chi connectivity index (χ1v) is 8.52. The van der Waals surface area contributed by atoms with Crippen LogP contribution < -0.4 is 20.1 Å². The lowest BCUT2D eigenvalue weighted by Crippen LogP contribution is -2.41. The minimum absolute atomic E-state index is 0.0335. The molecule has 26 heavy (non-hydrogen) atoms. The summed E-state index contributed by atoms with van der Waals surface area (Å²) in [5, 5.41) is 6.36. The molecule has 0 bridgehead atoms. The summed E-state index contributed by atoms with van der Waals surface area (Å²) in [4.78, 5) is 4.17. The van der Waals surface area contributed by atoms with Crippen molar-refractivity contribution in [1.82, 2.24) is 10.6 Å². The lowest BCUT2D eigenvalue weighted by Gasteiger charge is -2.18. The van der Waals surface area contributed by atoms with Gasteiger partial charge in [0.2, 0.25) is 0 Å². The van der Waals surface area contributed by atoms with Gasteiger partial charge in [-0.05, 0) is 49.2 Å². The van der Waals surface area contributed by atoms with E-state index in [4.69, 9.17) is 9.47 Å². The molecular formula is C20H26FN3O2. The Balaban J connectivity index is 1.81. The predicted molar refractivity (Wildman–Crippen MR) is 102 cm³/mol. The van der Waals surface area contributed by atoms with E-state index in [1.165, 1.54) is 13.2 Å². The Kier molecular flexibility index (Phi) is 7.26. The monoisotopic (exact) mass is 359 g/mol. The third-order valence-corrected chi connectivity index (χ3v) is 3.78. The Hall–Kier alpha value is -2.76. The van der Waals surface area contributed by atoms with Crippen molar-refractivity contribution >= 4 is 5.96 Å². The lowest BCUT2D eigenvalue weighted by molar-refractivity contribution is 0.223. The van der Waals surface area contributed by atoms with Crippen molar-refractivity contribution in [3.8, 4) is 11.5 Å². The molecule has 0 aliphatic rings. The van der Waals surface area contributed by atoms with E-state index in [0.29, 0.717) is 19.0 Å². The second-order valence-corrected chi connectivity index (χ2v) is 6.02. The largest absolute Gasteiger partial charge is 0.494 e. The molecule has 2 rings (SSSR count). The smallest absolute Gasteiger partial charge is 0.191 e. The van der Waals surface area contributed by atoms with Gasteiger partial charge < -0.3 is 20.1 Å². The molecule has 2 N–H and O–H groups in total. The Labute approximate surface area is 154 Å². The molecule has 0 saturated carbocycles. The van der Waals surface area contributed by atoms with Crippen LogP contribution >= 0.6 is 0 Å². The molecule has 1 unspecified atom stereocenters. The van der Waals surface area contributed by atoms with E-state index >= 15 is 0 Å². The van der Waals surface area contributed by atoms with Crippen molar-refractivity contribution in [2.24, 2.45) is 4.99 Å². The third kappa shape index (κ3) is 5.95. The van der Waals surface area contributed by atoms with Crippen LogP contribution in [0.25, 0.3) is 0 Å². The summed E-state index contributed by atoms with van der Waals surface area (Å²) >= 11 is 0. The van der Waals surface area contributed by atoms with Crippen molar-refractivity contribution in [2.45, 2.75) is 26.5 Å². The van der Waals surface area contributed by atoms with Crippen LogP contribution in [0.4, 0.5) is 4.39 Å². The highest BCUT2D eigenvalue weighted by Crippen LogP contribution is 2.17. The fourth-order valence-corrected chi connectivity index (χ4v) is 2.43. The molecule has 0 aromatic heterocycles. The number of nitrogens with zero attached hydrogens (tertiary/aromatic N) is 1. The van der Waals surface area contributed by atoms with Crippen LogP contribution in [0.1, 0.15) is 18.1 Å². The normalized spacial score (nSPS) is 12.4. The van der Waals surface area contributed by atoms with Gasteiger partial charge in [0.05, 0.1) is 13.7 Å². The number of aliphatic imine (C=N–C) groups is 1. The second kappa shape index (κ2) is 9.65. The Bertz CT molecular complexity index is 750. The molecule has 0 radical (unpaired) electrons. The molecule has 2 aromatic rings. The number of aryl methyl sites for hydroxylation is 1. The van der Waals surface area contributed by atoms with Gasteiger partial charge in [-0.25, -0.2) is 4.39 Å². The van der Waals surface area contributed by atoms with Gasteiger partial charge >= 0.3 is 0 Å². The zero-order valence-electron chi connectivity index (χ0n) is 15.7. The SMILES string of the molecule is CN=C(NCc1ccc(OC)c(F)c1)NCC(C)Oc1cccc(C)c1. The maximum absolute atomic E-state index is 13.7. The highest BCUT2D eigenvalue weighted by Gasteiger charge is 2.07. The molecular weight excluding hydrogens is 333 g/mol. The van der Waals surface area contributed by atoms with Gasteiger partial charge in [0, 0.05) is 13.6 Å². The summed E-state index contributed by atoms with van der Waals surface area (Å²) in [6, 6.07) is 12.8. The van der Waals surface area contributed by atoms with E-state index in [9.17, 15) is 4.39 Å². The van der Waals surface area contributed by atoms with E-state index in [1.807, 2.05) is 44.2 Å². The molecule has 0 amide bonds. The molecule has 0 spiro atoms. The van der Waals surface area contributed by atoms with Crippen LogP contribution in [0, 0.1) is 12.7 Å². The van der Waals surface area contributed by atoms with Gasteiger partial charge in [0.15, 0.2) is 17.5 Å².